The third kappa shape index (κ3) is 3.94. The largest absolute Gasteiger partial charge is 0.421 e. The molecule has 3 aromatic carbocycles. The van der Waals surface area contributed by atoms with Gasteiger partial charge >= 0.3 is 7.60 Å². The van der Waals surface area contributed by atoms with Gasteiger partial charge in [0.25, 0.3) is 0 Å². The molecule has 2 atom stereocenters. The topological polar surface area (TPSA) is 35.5 Å². The molecule has 0 saturated heterocycles. The van der Waals surface area contributed by atoms with Crippen LogP contribution in [-0.4, -0.2) is 0 Å². The molecular weight excluding hydrogens is 319 g/mol. The van der Waals surface area contributed by atoms with Crippen molar-refractivity contribution in [3.8, 4) is 5.75 Å². The number of rotatable bonds is 6. The monoisotopic (exact) mass is 338 g/mol. The number of hydrogen-bond acceptors (Lipinski definition) is 3. The fourth-order valence-corrected chi connectivity index (χ4v) is 4.10. The highest BCUT2D eigenvalue weighted by Crippen LogP contribution is 2.50. The van der Waals surface area contributed by atoms with Gasteiger partial charge in [-0.15, -0.1) is 0 Å². The van der Waals surface area contributed by atoms with Crippen LogP contribution >= 0.6 is 7.60 Å². The van der Waals surface area contributed by atoms with E-state index in [0.717, 1.165) is 5.56 Å². The van der Waals surface area contributed by atoms with Crippen LogP contribution in [0.3, 0.4) is 0 Å². The molecule has 0 amide bonds. The van der Waals surface area contributed by atoms with Crippen molar-refractivity contribution in [1.82, 2.24) is 0 Å². The highest BCUT2D eigenvalue weighted by molar-refractivity contribution is 7.62. The van der Waals surface area contributed by atoms with E-state index in [0.29, 0.717) is 11.1 Å². The smallest absolute Gasteiger partial charge is 0.411 e. The van der Waals surface area contributed by atoms with E-state index in [9.17, 15) is 4.57 Å². The Kier molecular flexibility index (Phi) is 5.14. The van der Waals surface area contributed by atoms with Crippen LogP contribution in [0.15, 0.2) is 91.0 Å². The van der Waals surface area contributed by atoms with Gasteiger partial charge in [0, 0.05) is 0 Å². The zero-order valence-corrected chi connectivity index (χ0v) is 14.3. The first-order chi connectivity index (χ1) is 11.7. The Morgan fingerprint density at radius 1 is 0.750 bits per heavy atom. The highest BCUT2D eigenvalue weighted by Gasteiger charge is 2.32. The van der Waals surface area contributed by atoms with Crippen LogP contribution in [-0.2, 0) is 9.09 Å². The summed E-state index contributed by atoms with van der Waals surface area (Å²) in [6.07, 6.45) is -0.360. The summed E-state index contributed by atoms with van der Waals surface area (Å²) < 4.78 is 25.3. The molecule has 4 heteroatoms. The van der Waals surface area contributed by atoms with Crippen LogP contribution < -0.4 is 9.83 Å². The van der Waals surface area contributed by atoms with Crippen molar-refractivity contribution < 1.29 is 13.6 Å². The molecule has 3 nitrogen and oxygen atoms in total. The third-order valence-electron chi connectivity index (χ3n) is 3.61. The van der Waals surface area contributed by atoms with Gasteiger partial charge < -0.3 is 4.52 Å². The van der Waals surface area contributed by atoms with Crippen molar-refractivity contribution in [3.63, 3.8) is 0 Å². The van der Waals surface area contributed by atoms with Crippen LogP contribution in [0.5, 0.6) is 5.75 Å². The van der Waals surface area contributed by atoms with E-state index in [1.807, 2.05) is 73.7 Å². The third-order valence-corrected chi connectivity index (χ3v) is 5.58. The Balaban J connectivity index is 1.92. The molecule has 0 bridgehead atoms. The maximum absolute atomic E-state index is 13.5. The standard InChI is InChI=1S/C20H19O3P/c1-17(18-11-5-2-6-12-18)22-24(21,20-15-9-4-10-16-20)23-19-13-7-3-8-14-19/h2-17H,1H3. The molecular formula is C20H19O3P. The van der Waals surface area contributed by atoms with E-state index < -0.39 is 7.60 Å². The molecule has 0 radical (unpaired) electrons. The van der Waals surface area contributed by atoms with E-state index in [-0.39, 0.29) is 6.10 Å². The summed E-state index contributed by atoms with van der Waals surface area (Å²) in [5.74, 6) is 0.518. The molecule has 2 unspecified atom stereocenters. The van der Waals surface area contributed by atoms with Crippen molar-refractivity contribution >= 4 is 12.9 Å². The number of benzene rings is 3. The Bertz CT molecular complexity index is 804. The molecule has 0 aliphatic carbocycles. The second kappa shape index (κ2) is 7.48. The van der Waals surface area contributed by atoms with Crippen LogP contribution in [0.25, 0.3) is 0 Å². The summed E-state index contributed by atoms with van der Waals surface area (Å²) in [5.41, 5.74) is 0.949. The molecule has 3 aromatic rings. The van der Waals surface area contributed by atoms with Crippen LogP contribution in [0.4, 0.5) is 0 Å². The summed E-state index contributed by atoms with van der Waals surface area (Å²) in [6.45, 7) is 1.87. The molecule has 0 spiro atoms. The first-order valence-corrected chi connectivity index (χ1v) is 9.35. The lowest BCUT2D eigenvalue weighted by Crippen LogP contribution is -2.14. The van der Waals surface area contributed by atoms with Crippen molar-refractivity contribution in [3.05, 3.63) is 96.6 Å². The fraction of sp³-hybridized carbons (Fsp3) is 0.100. The summed E-state index contributed by atoms with van der Waals surface area (Å²) in [5, 5.41) is 0.539. The van der Waals surface area contributed by atoms with Gasteiger partial charge in [0.2, 0.25) is 0 Å². The molecule has 0 N–H and O–H groups in total. The van der Waals surface area contributed by atoms with E-state index in [2.05, 4.69) is 0 Å². The minimum absolute atomic E-state index is 0.360. The zero-order chi connectivity index (χ0) is 16.8. The summed E-state index contributed by atoms with van der Waals surface area (Å²) >= 11 is 0. The Labute approximate surface area is 142 Å². The highest BCUT2D eigenvalue weighted by atomic mass is 31.2. The van der Waals surface area contributed by atoms with Crippen LogP contribution in [0, 0.1) is 0 Å². The Morgan fingerprint density at radius 3 is 1.83 bits per heavy atom. The van der Waals surface area contributed by atoms with E-state index >= 15 is 0 Å². The van der Waals surface area contributed by atoms with Gasteiger partial charge in [-0.1, -0.05) is 66.7 Å². The Hall–Kier alpha value is -2.35. The number of para-hydroxylation sites is 1. The van der Waals surface area contributed by atoms with Gasteiger partial charge in [-0.05, 0) is 36.8 Å². The number of hydrogen-bond donors (Lipinski definition) is 0. The fourth-order valence-electron chi connectivity index (χ4n) is 2.36. The maximum Gasteiger partial charge on any atom is 0.411 e. The van der Waals surface area contributed by atoms with E-state index in [4.69, 9.17) is 9.05 Å². The lowest BCUT2D eigenvalue weighted by Gasteiger charge is -2.23. The van der Waals surface area contributed by atoms with Crippen LogP contribution in [0.2, 0.25) is 0 Å². The van der Waals surface area contributed by atoms with Crippen molar-refractivity contribution in [2.45, 2.75) is 13.0 Å². The predicted octanol–water partition coefficient (Wildman–Crippen LogP) is 5.36. The molecule has 24 heavy (non-hydrogen) atoms. The molecule has 0 aliphatic heterocycles. The Morgan fingerprint density at radius 2 is 1.25 bits per heavy atom. The first kappa shape index (κ1) is 16.5. The zero-order valence-electron chi connectivity index (χ0n) is 13.4. The second-order valence-electron chi connectivity index (χ2n) is 5.40. The van der Waals surface area contributed by atoms with Crippen molar-refractivity contribution in [2.24, 2.45) is 0 Å². The molecule has 0 fully saturated rings. The van der Waals surface area contributed by atoms with E-state index in [1.54, 1.807) is 24.3 Å². The van der Waals surface area contributed by atoms with Gasteiger partial charge in [-0.2, -0.15) is 0 Å². The van der Waals surface area contributed by atoms with Gasteiger partial charge in [-0.25, -0.2) is 4.57 Å². The molecule has 122 valence electrons. The maximum atomic E-state index is 13.5. The summed E-state index contributed by atoms with van der Waals surface area (Å²) in [6, 6.07) is 27.8. The van der Waals surface area contributed by atoms with Gasteiger partial charge in [0.15, 0.2) is 0 Å². The van der Waals surface area contributed by atoms with Gasteiger partial charge in [0.05, 0.1) is 11.4 Å². The summed E-state index contributed by atoms with van der Waals surface area (Å²) in [7, 11) is -3.52. The normalized spacial score (nSPS) is 14.5. The first-order valence-electron chi connectivity index (χ1n) is 7.81. The van der Waals surface area contributed by atoms with Crippen molar-refractivity contribution in [2.75, 3.05) is 0 Å². The van der Waals surface area contributed by atoms with E-state index in [1.165, 1.54) is 0 Å². The minimum Gasteiger partial charge on any atom is -0.421 e. The lowest BCUT2D eigenvalue weighted by atomic mass is 10.1. The van der Waals surface area contributed by atoms with Gasteiger partial charge in [-0.3, -0.25) is 4.52 Å². The minimum atomic E-state index is -3.52. The predicted molar refractivity (Wildman–Crippen MR) is 96.7 cm³/mol. The molecule has 0 heterocycles. The SMILES string of the molecule is CC(OP(=O)(Oc1ccccc1)c1ccccc1)c1ccccc1. The van der Waals surface area contributed by atoms with Crippen molar-refractivity contribution in [1.29, 1.82) is 0 Å². The lowest BCUT2D eigenvalue weighted by molar-refractivity contribution is 0.203. The quantitative estimate of drug-likeness (QED) is 0.568. The second-order valence-corrected chi connectivity index (χ2v) is 7.30. The molecule has 0 aliphatic rings. The average Bonchev–Trinajstić information content (AvgIpc) is 2.64. The van der Waals surface area contributed by atoms with Gasteiger partial charge in [0.1, 0.15) is 5.75 Å². The molecule has 0 aromatic heterocycles. The summed E-state index contributed by atoms with van der Waals surface area (Å²) in [4.78, 5) is 0. The van der Waals surface area contributed by atoms with Crippen LogP contribution in [0.1, 0.15) is 18.6 Å². The molecule has 3 rings (SSSR count). The average molecular weight is 338 g/mol. The molecule has 0 saturated carbocycles.